The highest BCUT2D eigenvalue weighted by molar-refractivity contribution is 7.92. The Morgan fingerprint density at radius 1 is 0.968 bits per heavy atom. The largest absolute Gasteiger partial charge is 0.490 e. The molecule has 164 valence electrons. The van der Waals surface area contributed by atoms with Gasteiger partial charge in [-0.05, 0) is 62.1 Å². The number of carbonyl (C=O) groups excluding carboxylic acids is 1. The summed E-state index contributed by atoms with van der Waals surface area (Å²) >= 11 is 5.96. The smallest absolute Gasteiger partial charge is 0.188 e. The molecule has 0 amide bonds. The second-order valence-corrected chi connectivity index (χ2v) is 11.4. The standard InChI is InChI=1S/C23H21ClF2O4S/c24-14-4-6-15(7-5-14)31(28,29)23-12-2-11-22(10-1-3-19(22)27)18(23)13-30-21-17(26)9-8-16(25)20(21)23/h4-9,18H,1-3,10-13H2/t18-,22+,23-/m0/s1. The van der Waals surface area contributed by atoms with Gasteiger partial charge < -0.3 is 4.74 Å². The number of sulfone groups is 1. The highest BCUT2D eigenvalue weighted by Gasteiger charge is 2.67. The molecule has 0 N–H and O–H groups in total. The molecule has 3 atom stereocenters. The maximum atomic E-state index is 15.3. The molecule has 0 radical (unpaired) electrons. The summed E-state index contributed by atoms with van der Waals surface area (Å²) in [7, 11) is -4.24. The number of ether oxygens (including phenoxy) is 1. The van der Waals surface area contributed by atoms with Crippen molar-refractivity contribution in [3.05, 3.63) is 58.6 Å². The normalized spacial score (nSPS) is 30.0. The van der Waals surface area contributed by atoms with Crippen molar-refractivity contribution in [2.45, 2.75) is 48.2 Å². The molecule has 2 fully saturated rings. The van der Waals surface area contributed by atoms with Gasteiger partial charge in [0.2, 0.25) is 0 Å². The lowest BCUT2D eigenvalue weighted by Gasteiger charge is -2.54. The minimum absolute atomic E-state index is 0.00302. The Hall–Kier alpha value is -1.99. The van der Waals surface area contributed by atoms with Crippen LogP contribution in [-0.4, -0.2) is 20.8 Å². The van der Waals surface area contributed by atoms with Crippen molar-refractivity contribution in [2.24, 2.45) is 11.3 Å². The first-order valence-electron chi connectivity index (χ1n) is 10.4. The molecule has 2 aromatic carbocycles. The fourth-order valence-electron chi connectivity index (χ4n) is 6.16. The second-order valence-electron chi connectivity index (χ2n) is 8.73. The average molecular weight is 467 g/mol. The van der Waals surface area contributed by atoms with E-state index in [1.165, 1.54) is 24.3 Å². The van der Waals surface area contributed by atoms with Crippen LogP contribution >= 0.6 is 11.6 Å². The summed E-state index contributed by atoms with van der Waals surface area (Å²) < 4.78 is 62.4. The van der Waals surface area contributed by atoms with Gasteiger partial charge in [0.15, 0.2) is 21.4 Å². The Morgan fingerprint density at radius 2 is 1.65 bits per heavy atom. The zero-order valence-electron chi connectivity index (χ0n) is 16.7. The van der Waals surface area contributed by atoms with Crippen molar-refractivity contribution >= 4 is 27.2 Å². The predicted molar refractivity (Wildman–Crippen MR) is 111 cm³/mol. The van der Waals surface area contributed by atoms with Crippen LogP contribution in [0.5, 0.6) is 5.75 Å². The third-order valence-corrected chi connectivity index (χ3v) is 10.3. The van der Waals surface area contributed by atoms with Crippen LogP contribution in [0.4, 0.5) is 8.78 Å². The van der Waals surface area contributed by atoms with E-state index in [1.54, 1.807) is 0 Å². The third kappa shape index (κ3) is 2.68. The molecule has 0 bridgehead atoms. The van der Waals surface area contributed by atoms with Crippen LogP contribution in [0, 0.1) is 23.0 Å². The number of rotatable bonds is 2. The fraction of sp³-hybridized carbons (Fsp3) is 0.435. The number of carbonyl (C=O) groups is 1. The molecule has 2 aromatic rings. The van der Waals surface area contributed by atoms with Crippen LogP contribution in [0.1, 0.15) is 44.1 Å². The number of Topliss-reactive ketones (excluding diaryl/α,β-unsaturated/α-hetero) is 1. The SMILES string of the molecule is O=C1CCC[C@]12CCC[C@@]1(S(=O)(=O)c3ccc(Cl)cc3)c3c(F)ccc(F)c3OC[C@@H]21. The molecule has 3 aliphatic rings. The maximum absolute atomic E-state index is 15.3. The monoisotopic (exact) mass is 466 g/mol. The van der Waals surface area contributed by atoms with Crippen molar-refractivity contribution in [1.29, 1.82) is 0 Å². The number of halogens is 3. The summed E-state index contributed by atoms with van der Waals surface area (Å²) in [5, 5.41) is 0.365. The fourth-order valence-corrected chi connectivity index (χ4v) is 8.74. The number of benzene rings is 2. The van der Waals surface area contributed by atoms with Crippen LogP contribution in [-0.2, 0) is 19.4 Å². The van der Waals surface area contributed by atoms with E-state index in [-0.39, 0.29) is 35.0 Å². The predicted octanol–water partition coefficient (Wildman–Crippen LogP) is 5.22. The molecule has 1 aliphatic heterocycles. The molecule has 1 heterocycles. The van der Waals surface area contributed by atoms with E-state index in [0.29, 0.717) is 37.1 Å². The zero-order valence-corrected chi connectivity index (χ0v) is 18.2. The Morgan fingerprint density at radius 3 is 2.32 bits per heavy atom. The van der Waals surface area contributed by atoms with Crippen LogP contribution in [0.25, 0.3) is 0 Å². The highest BCUT2D eigenvalue weighted by Crippen LogP contribution is 2.64. The summed E-state index contributed by atoms with van der Waals surface area (Å²) in [6, 6.07) is 7.57. The molecule has 4 nitrogen and oxygen atoms in total. The molecular formula is C23H21ClF2O4S. The van der Waals surface area contributed by atoms with Gasteiger partial charge in [0, 0.05) is 22.8 Å². The number of fused-ring (bicyclic) bond motifs is 4. The summed E-state index contributed by atoms with van der Waals surface area (Å²) in [5.74, 6) is -2.81. The molecule has 0 unspecified atom stereocenters. The number of hydrogen-bond acceptors (Lipinski definition) is 4. The average Bonchev–Trinajstić information content (AvgIpc) is 3.11. The summed E-state index contributed by atoms with van der Waals surface area (Å²) in [6.45, 7) is -0.147. The Bertz CT molecular complexity index is 1180. The first-order chi connectivity index (χ1) is 14.7. The van der Waals surface area contributed by atoms with Gasteiger partial charge in [-0.15, -0.1) is 0 Å². The number of ketones is 1. The second kappa shape index (κ2) is 7.01. The minimum atomic E-state index is -4.24. The molecule has 0 aromatic heterocycles. The first-order valence-corrected chi connectivity index (χ1v) is 12.2. The zero-order chi connectivity index (χ0) is 22.0. The van der Waals surface area contributed by atoms with E-state index in [2.05, 4.69) is 0 Å². The lowest BCUT2D eigenvalue weighted by molar-refractivity contribution is -0.134. The van der Waals surface area contributed by atoms with Gasteiger partial charge in [-0.2, -0.15) is 0 Å². The van der Waals surface area contributed by atoms with Crippen molar-refractivity contribution in [2.75, 3.05) is 6.61 Å². The van der Waals surface area contributed by atoms with Crippen LogP contribution in [0.15, 0.2) is 41.3 Å². The molecule has 2 saturated carbocycles. The van der Waals surface area contributed by atoms with Gasteiger partial charge in [-0.3, -0.25) is 4.79 Å². The summed E-state index contributed by atoms with van der Waals surface area (Å²) in [4.78, 5) is 13.1. The van der Waals surface area contributed by atoms with E-state index >= 15 is 4.39 Å². The minimum Gasteiger partial charge on any atom is -0.490 e. The molecule has 1 spiro atoms. The van der Waals surface area contributed by atoms with Gasteiger partial charge in [0.05, 0.1) is 17.1 Å². The molecule has 0 saturated heterocycles. The van der Waals surface area contributed by atoms with Gasteiger partial charge in [0.25, 0.3) is 0 Å². The lowest BCUT2D eigenvalue weighted by atomic mass is 9.57. The van der Waals surface area contributed by atoms with Crippen molar-refractivity contribution < 1.29 is 26.7 Å². The molecule has 2 aliphatic carbocycles. The highest BCUT2D eigenvalue weighted by atomic mass is 35.5. The summed E-state index contributed by atoms with van der Waals surface area (Å²) in [6.07, 6.45) is 2.60. The Balaban J connectivity index is 1.84. The first kappa shape index (κ1) is 20.9. The van der Waals surface area contributed by atoms with Gasteiger partial charge in [-0.1, -0.05) is 18.0 Å². The van der Waals surface area contributed by atoms with Crippen LogP contribution < -0.4 is 4.74 Å². The van der Waals surface area contributed by atoms with E-state index < -0.39 is 37.6 Å². The van der Waals surface area contributed by atoms with Gasteiger partial charge in [-0.25, -0.2) is 17.2 Å². The molecule has 31 heavy (non-hydrogen) atoms. The van der Waals surface area contributed by atoms with Crippen molar-refractivity contribution in [1.82, 2.24) is 0 Å². The summed E-state index contributed by atoms with van der Waals surface area (Å²) in [5.41, 5.74) is -1.19. The van der Waals surface area contributed by atoms with Crippen molar-refractivity contribution in [3.8, 4) is 5.75 Å². The Labute approximate surface area is 184 Å². The van der Waals surface area contributed by atoms with Gasteiger partial charge in [0.1, 0.15) is 16.3 Å². The quantitative estimate of drug-likeness (QED) is 0.609. The molecular weight excluding hydrogens is 446 g/mol. The van der Waals surface area contributed by atoms with E-state index in [4.69, 9.17) is 16.3 Å². The molecule has 8 heteroatoms. The van der Waals surface area contributed by atoms with E-state index in [0.717, 1.165) is 12.1 Å². The topological polar surface area (TPSA) is 60.4 Å². The third-order valence-electron chi connectivity index (χ3n) is 7.46. The lowest BCUT2D eigenvalue weighted by Crippen LogP contribution is -2.59. The Kier molecular flexibility index (Phi) is 4.72. The van der Waals surface area contributed by atoms with E-state index in [1.807, 2.05) is 0 Å². The van der Waals surface area contributed by atoms with Crippen LogP contribution in [0.2, 0.25) is 5.02 Å². The number of hydrogen-bond donors (Lipinski definition) is 0. The van der Waals surface area contributed by atoms with E-state index in [9.17, 15) is 17.6 Å². The van der Waals surface area contributed by atoms with Crippen molar-refractivity contribution in [3.63, 3.8) is 0 Å². The van der Waals surface area contributed by atoms with Crippen LogP contribution in [0.3, 0.4) is 0 Å². The van der Waals surface area contributed by atoms with Gasteiger partial charge >= 0.3 is 0 Å². The maximum Gasteiger partial charge on any atom is 0.188 e. The molecule has 5 rings (SSSR count).